The minimum absolute atomic E-state index is 0.0174. The maximum absolute atomic E-state index is 13.6. The number of pyridine rings is 2. The molecule has 6 rings (SSSR count). The Kier molecular flexibility index (Phi) is 5.16. The number of anilines is 1. The lowest BCUT2D eigenvalue weighted by molar-refractivity contribution is 0.0934. The van der Waals surface area contributed by atoms with Gasteiger partial charge in [0.1, 0.15) is 0 Å². The lowest BCUT2D eigenvalue weighted by Crippen LogP contribution is -2.48. The molecular formula is C25H26N8O. The first-order chi connectivity index (χ1) is 16.7. The van der Waals surface area contributed by atoms with Crippen molar-refractivity contribution < 1.29 is 4.79 Å². The number of carbonyl (C=O) groups is 1. The third-order valence-electron chi connectivity index (χ3n) is 6.53. The number of nitrogens with zero attached hydrogens (tertiary/aromatic N) is 7. The molecule has 9 nitrogen and oxygen atoms in total. The van der Waals surface area contributed by atoms with Gasteiger partial charge in [-0.1, -0.05) is 6.07 Å². The minimum Gasteiger partial charge on any atom is -0.348 e. The highest BCUT2D eigenvalue weighted by atomic mass is 16.1. The van der Waals surface area contributed by atoms with Crippen LogP contribution < -0.4 is 10.2 Å². The van der Waals surface area contributed by atoms with Crippen LogP contribution in [0.15, 0.2) is 48.9 Å². The van der Waals surface area contributed by atoms with Gasteiger partial charge in [-0.25, -0.2) is 19.9 Å². The van der Waals surface area contributed by atoms with E-state index in [2.05, 4.69) is 25.2 Å². The fourth-order valence-electron chi connectivity index (χ4n) is 4.71. The third-order valence-corrected chi connectivity index (χ3v) is 6.53. The van der Waals surface area contributed by atoms with E-state index in [0.717, 1.165) is 49.0 Å². The van der Waals surface area contributed by atoms with Gasteiger partial charge >= 0.3 is 0 Å². The second kappa shape index (κ2) is 8.48. The number of hydrogen-bond donors (Lipinski definition) is 1. The smallest absolute Gasteiger partial charge is 0.252 e. The summed E-state index contributed by atoms with van der Waals surface area (Å²) in [6.45, 7) is 3.50. The Morgan fingerprint density at radius 1 is 1.06 bits per heavy atom. The average molecular weight is 455 g/mol. The first kappa shape index (κ1) is 20.7. The van der Waals surface area contributed by atoms with Crippen LogP contribution in [0.25, 0.3) is 16.9 Å². The van der Waals surface area contributed by atoms with E-state index in [1.807, 2.05) is 37.3 Å². The molecule has 1 amide bonds. The van der Waals surface area contributed by atoms with Crippen molar-refractivity contribution >= 4 is 22.9 Å². The zero-order chi connectivity index (χ0) is 23.1. The largest absolute Gasteiger partial charge is 0.348 e. The van der Waals surface area contributed by atoms with Gasteiger partial charge in [-0.05, 0) is 56.9 Å². The fourth-order valence-corrected chi connectivity index (χ4v) is 4.71. The molecule has 172 valence electrons. The summed E-state index contributed by atoms with van der Waals surface area (Å²) >= 11 is 0. The van der Waals surface area contributed by atoms with Crippen LogP contribution in [-0.4, -0.2) is 54.8 Å². The van der Waals surface area contributed by atoms with Crippen LogP contribution in [0.3, 0.4) is 0 Å². The maximum atomic E-state index is 13.6. The SMILES string of the molecule is Cc1nn(-c2ccccn2)c2nc(C3CC3)cc(C(=O)NC3CCCN(c4ncccn4)C3)c12. The summed E-state index contributed by atoms with van der Waals surface area (Å²) in [5, 5.41) is 8.77. The normalized spacial score (nSPS) is 18.3. The molecule has 2 fully saturated rings. The Labute approximate surface area is 197 Å². The number of aryl methyl sites for hydroxylation is 1. The molecule has 1 N–H and O–H groups in total. The summed E-state index contributed by atoms with van der Waals surface area (Å²) < 4.78 is 1.75. The van der Waals surface area contributed by atoms with Crippen molar-refractivity contribution in [3.8, 4) is 5.82 Å². The van der Waals surface area contributed by atoms with Crippen molar-refractivity contribution in [2.45, 2.75) is 44.6 Å². The second-order valence-corrected chi connectivity index (χ2v) is 9.06. The highest BCUT2D eigenvalue weighted by Gasteiger charge is 2.30. The summed E-state index contributed by atoms with van der Waals surface area (Å²) in [6.07, 6.45) is 9.33. The Morgan fingerprint density at radius 2 is 1.88 bits per heavy atom. The van der Waals surface area contributed by atoms with Crippen LogP contribution in [0.4, 0.5) is 5.95 Å². The van der Waals surface area contributed by atoms with E-state index in [0.29, 0.717) is 35.4 Å². The molecular weight excluding hydrogens is 428 g/mol. The lowest BCUT2D eigenvalue weighted by Gasteiger charge is -2.33. The zero-order valence-corrected chi connectivity index (χ0v) is 19.1. The topological polar surface area (TPSA) is 102 Å². The highest BCUT2D eigenvalue weighted by Crippen LogP contribution is 2.40. The van der Waals surface area contributed by atoms with Crippen LogP contribution in [0, 0.1) is 6.92 Å². The summed E-state index contributed by atoms with van der Waals surface area (Å²) in [4.78, 5) is 33.9. The summed E-state index contributed by atoms with van der Waals surface area (Å²) in [7, 11) is 0. The predicted molar refractivity (Wildman–Crippen MR) is 128 cm³/mol. The monoisotopic (exact) mass is 454 g/mol. The van der Waals surface area contributed by atoms with E-state index in [4.69, 9.17) is 10.1 Å². The van der Waals surface area contributed by atoms with Gasteiger partial charge < -0.3 is 10.2 Å². The van der Waals surface area contributed by atoms with Gasteiger partial charge in [-0.15, -0.1) is 0 Å². The number of piperidine rings is 1. The molecule has 4 aromatic heterocycles. The molecule has 2 aliphatic rings. The quantitative estimate of drug-likeness (QED) is 0.494. The lowest BCUT2D eigenvalue weighted by atomic mass is 10.0. The number of rotatable bonds is 5. The van der Waals surface area contributed by atoms with Gasteiger partial charge in [0, 0.05) is 49.3 Å². The molecule has 0 spiro atoms. The molecule has 0 bridgehead atoms. The number of amides is 1. The van der Waals surface area contributed by atoms with Crippen LogP contribution in [0.2, 0.25) is 0 Å². The number of aromatic nitrogens is 6. The summed E-state index contributed by atoms with van der Waals surface area (Å²) in [6, 6.07) is 9.50. The van der Waals surface area contributed by atoms with Gasteiger partial charge in [0.15, 0.2) is 11.5 Å². The summed E-state index contributed by atoms with van der Waals surface area (Å²) in [5.41, 5.74) is 3.05. The Balaban J connectivity index is 1.34. The molecule has 1 saturated heterocycles. The van der Waals surface area contributed by atoms with Crippen LogP contribution >= 0.6 is 0 Å². The molecule has 1 aliphatic heterocycles. The predicted octanol–water partition coefficient (Wildman–Crippen LogP) is 3.19. The molecule has 34 heavy (non-hydrogen) atoms. The highest BCUT2D eigenvalue weighted by molar-refractivity contribution is 6.07. The van der Waals surface area contributed by atoms with Crippen LogP contribution in [-0.2, 0) is 0 Å². The number of fused-ring (bicyclic) bond motifs is 1. The van der Waals surface area contributed by atoms with Gasteiger partial charge in [0.2, 0.25) is 5.95 Å². The molecule has 0 radical (unpaired) electrons. The van der Waals surface area contributed by atoms with Crippen molar-refractivity contribution in [2.24, 2.45) is 0 Å². The molecule has 4 aromatic rings. The number of hydrogen-bond acceptors (Lipinski definition) is 7. The van der Waals surface area contributed by atoms with Gasteiger partial charge in [-0.2, -0.15) is 9.78 Å². The van der Waals surface area contributed by atoms with E-state index in [1.54, 1.807) is 23.3 Å². The van der Waals surface area contributed by atoms with Crippen molar-refractivity contribution in [1.82, 2.24) is 35.0 Å². The molecule has 1 aliphatic carbocycles. The fraction of sp³-hybridized carbons (Fsp3) is 0.360. The van der Waals surface area contributed by atoms with Crippen molar-refractivity contribution in [3.63, 3.8) is 0 Å². The van der Waals surface area contributed by atoms with Gasteiger partial charge in [0.25, 0.3) is 5.91 Å². The number of nitrogens with one attached hydrogen (secondary N) is 1. The average Bonchev–Trinajstić information content (AvgIpc) is 3.68. The Morgan fingerprint density at radius 3 is 2.65 bits per heavy atom. The van der Waals surface area contributed by atoms with E-state index in [-0.39, 0.29) is 11.9 Å². The molecule has 1 saturated carbocycles. The van der Waals surface area contributed by atoms with E-state index in [1.165, 1.54) is 0 Å². The van der Waals surface area contributed by atoms with E-state index < -0.39 is 0 Å². The minimum atomic E-state index is -0.0844. The Hall–Kier alpha value is -3.88. The van der Waals surface area contributed by atoms with Crippen molar-refractivity contribution in [3.05, 3.63) is 65.9 Å². The maximum Gasteiger partial charge on any atom is 0.252 e. The standard InChI is InChI=1S/C25H26N8O/c1-16-22-19(24(34)29-18-6-4-13-32(15-18)25-27-11-5-12-28-25)14-20(17-8-9-17)30-23(22)33(31-16)21-7-2-3-10-26-21/h2-3,5,7,10-12,14,17-18H,4,6,8-9,13,15H2,1H3,(H,29,34). The van der Waals surface area contributed by atoms with Crippen LogP contribution in [0.1, 0.15) is 53.3 Å². The van der Waals surface area contributed by atoms with Crippen molar-refractivity contribution in [1.29, 1.82) is 0 Å². The Bertz CT molecular complexity index is 1330. The molecule has 1 atom stereocenters. The summed E-state index contributed by atoms with van der Waals surface area (Å²) in [5.74, 6) is 1.72. The third kappa shape index (κ3) is 3.87. The molecule has 9 heteroatoms. The first-order valence-electron chi connectivity index (χ1n) is 11.8. The molecule has 5 heterocycles. The molecule has 0 aromatic carbocycles. The van der Waals surface area contributed by atoms with Gasteiger partial charge in [-0.3, -0.25) is 4.79 Å². The zero-order valence-electron chi connectivity index (χ0n) is 19.1. The number of carbonyl (C=O) groups excluding carboxylic acids is 1. The van der Waals surface area contributed by atoms with Crippen molar-refractivity contribution in [2.75, 3.05) is 18.0 Å². The van der Waals surface area contributed by atoms with Gasteiger partial charge in [0.05, 0.1) is 16.6 Å². The molecule has 1 unspecified atom stereocenters. The van der Waals surface area contributed by atoms with Crippen LogP contribution in [0.5, 0.6) is 0 Å². The second-order valence-electron chi connectivity index (χ2n) is 9.06. The van der Waals surface area contributed by atoms with E-state index >= 15 is 0 Å². The van der Waals surface area contributed by atoms with E-state index in [9.17, 15) is 4.79 Å². The first-order valence-corrected chi connectivity index (χ1v) is 11.8.